The molecule has 6 heteroatoms. The summed E-state index contributed by atoms with van der Waals surface area (Å²) >= 11 is 0. The van der Waals surface area contributed by atoms with Gasteiger partial charge in [0.05, 0.1) is 11.5 Å². The summed E-state index contributed by atoms with van der Waals surface area (Å²) in [6.07, 6.45) is 1.15. The number of ether oxygens (including phenoxy) is 1. The van der Waals surface area contributed by atoms with E-state index in [2.05, 4.69) is 4.90 Å². The van der Waals surface area contributed by atoms with Crippen LogP contribution in [-0.4, -0.2) is 36.0 Å². The Morgan fingerprint density at radius 3 is 2.55 bits per heavy atom. The van der Waals surface area contributed by atoms with Crippen LogP contribution in [0.2, 0.25) is 0 Å². The predicted molar refractivity (Wildman–Crippen MR) is 75.3 cm³/mol. The van der Waals surface area contributed by atoms with Gasteiger partial charge in [-0.3, -0.25) is 14.9 Å². The van der Waals surface area contributed by atoms with E-state index in [0.717, 1.165) is 18.5 Å². The quantitative estimate of drug-likeness (QED) is 0.415. The first kappa shape index (κ1) is 16.1. The Morgan fingerprint density at radius 2 is 2.00 bits per heavy atom. The first-order valence-electron chi connectivity index (χ1n) is 6.60. The standard InChI is InChI=1S/C14H20N2O4/c1-3-20-14(17)5-4-10-15(2)11-12-6-8-13(9-7-12)16(18)19/h6-9H,3-5,10-11H2,1-2H3. The summed E-state index contributed by atoms with van der Waals surface area (Å²) in [4.78, 5) is 23.4. The van der Waals surface area contributed by atoms with Gasteiger partial charge in [0.2, 0.25) is 0 Å². The third kappa shape index (κ3) is 5.79. The van der Waals surface area contributed by atoms with Crippen LogP contribution in [0.5, 0.6) is 0 Å². The maximum absolute atomic E-state index is 11.2. The van der Waals surface area contributed by atoms with Crippen molar-refractivity contribution in [3.05, 3.63) is 39.9 Å². The third-order valence-corrected chi connectivity index (χ3v) is 2.83. The monoisotopic (exact) mass is 280 g/mol. The van der Waals surface area contributed by atoms with Gasteiger partial charge in [0.25, 0.3) is 5.69 Å². The van der Waals surface area contributed by atoms with Crippen LogP contribution < -0.4 is 0 Å². The minimum absolute atomic E-state index is 0.0960. The molecule has 0 aliphatic heterocycles. The summed E-state index contributed by atoms with van der Waals surface area (Å²) < 4.78 is 4.86. The molecule has 0 saturated carbocycles. The summed E-state index contributed by atoms with van der Waals surface area (Å²) in [5.74, 6) is -0.170. The van der Waals surface area contributed by atoms with Crippen LogP contribution in [0, 0.1) is 10.1 Å². The third-order valence-electron chi connectivity index (χ3n) is 2.83. The Hall–Kier alpha value is -1.95. The van der Waals surface area contributed by atoms with Crippen molar-refractivity contribution in [2.24, 2.45) is 0 Å². The van der Waals surface area contributed by atoms with E-state index in [9.17, 15) is 14.9 Å². The zero-order valence-corrected chi connectivity index (χ0v) is 11.9. The number of carbonyl (C=O) groups excluding carboxylic acids is 1. The first-order valence-corrected chi connectivity index (χ1v) is 6.60. The molecular formula is C14H20N2O4. The lowest BCUT2D eigenvalue weighted by atomic mass is 10.2. The molecule has 0 aliphatic rings. The highest BCUT2D eigenvalue weighted by molar-refractivity contribution is 5.69. The number of nitrogens with zero attached hydrogens (tertiary/aromatic N) is 2. The average molecular weight is 280 g/mol. The van der Waals surface area contributed by atoms with Gasteiger partial charge in [0.15, 0.2) is 0 Å². The van der Waals surface area contributed by atoms with Crippen molar-refractivity contribution in [3.63, 3.8) is 0 Å². The maximum Gasteiger partial charge on any atom is 0.305 e. The molecule has 1 aromatic carbocycles. The van der Waals surface area contributed by atoms with Crippen molar-refractivity contribution in [2.45, 2.75) is 26.3 Å². The van der Waals surface area contributed by atoms with Crippen LogP contribution in [0.3, 0.4) is 0 Å². The second-order valence-electron chi connectivity index (χ2n) is 4.57. The Bertz CT molecular complexity index is 445. The Labute approximate surface area is 118 Å². The van der Waals surface area contributed by atoms with Crippen LogP contribution in [0.25, 0.3) is 0 Å². The Balaban J connectivity index is 2.33. The molecule has 0 spiro atoms. The van der Waals surface area contributed by atoms with Crippen molar-refractivity contribution in [1.82, 2.24) is 4.90 Å². The number of hydrogen-bond acceptors (Lipinski definition) is 5. The number of non-ortho nitro benzene ring substituents is 1. The van der Waals surface area contributed by atoms with E-state index in [1.165, 1.54) is 12.1 Å². The van der Waals surface area contributed by atoms with Gasteiger partial charge >= 0.3 is 5.97 Å². The second-order valence-corrected chi connectivity index (χ2v) is 4.57. The number of nitro groups is 1. The van der Waals surface area contributed by atoms with Crippen LogP contribution in [0.4, 0.5) is 5.69 Å². The minimum atomic E-state index is -0.410. The number of rotatable bonds is 8. The smallest absolute Gasteiger partial charge is 0.305 e. The molecule has 0 aliphatic carbocycles. The van der Waals surface area contributed by atoms with E-state index in [1.54, 1.807) is 19.1 Å². The highest BCUT2D eigenvalue weighted by Crippen LogP contribution is 2.13. The molecule has 6 nitrogen and oxygen atoms in total. The van der Waals surface area contributed by atoms with Crippen LogP contribution >= 0.6 is 0 Å². The number of nitro benzene ring substituents is 1. The van der Waals surface area contributed by atoms with Gasteiger partial charge in [0.1, 0.15) is 0 Å². The molecule has 20 heavy (non-hydrogen) atoms. The van der Waals surface area contributed by atoms with Gasteiger partial charge in [-0.25, -0.2) is 0 Å². The Morgan fingerprint density at radius 1 is 1.35 bits per heavy atom. The molecule has 0 radical (unpaired) electrons. The van der Waals surface area contributed by atoms with Gasteiger partial charge in [-0.2, -0.15) is 0 Å². The minimum Gasteiger partial charge on any atom is -0.466 e. The molecule has 0 atom stereocenters. The van der Waals surface area contributed by atoms with E-state index in [1.807, 2.05) is 7.05 Å². The molecule has 0 N–H and O–H groups in total. The van der Waals surface area contributed by atoms with E-state index >= 15 is 0 Å². The molecule has 0 heterocycles. The Kier molecular flexibility index (Phi) is 6.66. The zero-order valence-electron chi connectivity index (χ0n) is 11.9. The highest BCUT2D eigenvalue weighted by atomic mass is 16.6. The lowest BCUT2D eigenvalue weighted by molar-refractivity contribution is -0.384. The molecule has 1 rings (SSSR count). The number of benzene rings is 1. The highest BCUT2D eigenvalue weighted by Gasteiger charge is 2.07. The summed E-state index contributed by atoms with van der Waals surface area (Å²) in [7, 11) is 1.95. The van der Waals surface area contributed by atoms with Crippen LogP contribution in [-0.2, 0) is 16.1 Å². The largest absolute Gasteiger partial charge is 0.466 e. The normalized spacial score (nSPS) is 10.6. The summed E-state index contributed by atoms with van der Waals surface area (Å²) in [6.45, 7) is 3.67. The van der Waals surface area contributed by atoms with Crippen molar-refractivity contribution < 1.29 is 14.5 Å². The summed E-state index contributed by atoms with van der Waals surface area (Å²) in [5, 5.41) is 10.5. The topological polar surface area (TPSA) is 72.7 Å². The number of hydrogen-bond donors (Lipinski definition) is 0. The molecule has 0 aromatic heterocycles. The summed E-state index contributed by atoms with van der Waals surface area (Å²) in [6, 6.07) is 6.50. The van der Waals surface area contributed by atoms with Gasteiger partial charge in [-0.1, -0.05) is 12.1 Å². The SMILES string of the molecule is CCOC(=O)CCCN(C)Cc1ccc([N+](=O)[O-])cc1. The van der Waals surface area contributed by atoms with E-state index in [0.29, 0.717) is 19.6 Å². The van der Waals surface area contributed by atoms with Gasteiger partial charge in [-0.15, -0.1) is 0 Å². The fourth-order valence-electron chi connectivity index (χ4n) is 1.84. The molecule has 0 fully saturated rings. The maximum atomic E-state index is 11.2. The van der Waals surface area contributed by atoms with Crippen molar-refractivity contribution in [3.8, 4) is 0 Å². The van der Waals surface area contributed by atoms with E-state index in [-0.39, 0.29) is 11.7 Å². The molecule has 0 unspecified atom stereocenters. The molecule has 1 aromatic rings. The van der Waals surface area contributed by atoms with Crippen LogP contribution in [0.15, 0.2) is 24.3 Å². The number of carbonyl (C=O) groups is 1. The second kappa shape index (κ2) is 8.27. The zero-order chi connectivity index (χ0) is 15.0. The molecule has 0 amide bonds. The molecule has 110 valence electrons. The molecular weight excluding hydrogens is 260 g/mol. The summed E-state index contributed by atoms with van der Waals surface area (Å²) in [5.41, 5.74) is 1.10. The van der Waals surface area contributed by atoms with Gasteiger partial charge in [0, 0.05) is 25.1 Å². The fourth-order valence-corrected chi connectivity index (χ4v) is 1.84. The van der Waals surface area contributed by atoms with Gasteiger partial charge in [-0.05, 0) is 32.5 Å². The van der Waals surface area contributed by atoms with Crippen molar-refractivity contribution in [1.29, 1.82) is 0 Å². The average Bonchev–Trinajstić information content (AvgIpc) is 2.39. The molecule has 0 saturated heterocycles. The first-order chi connectivity index (χ1) is 9.52. The van der Waals surface area contributed by atoms with Gasteiger partial charge < -0.3 is 9.64 Å². The molecule has 0 bridgehead atoms. The lowest BCUT2D eigenvalue weighted by Crippen LogP contribution is -2.20. The van der Waals surface area contributed by atoms with E-state index < -0.39 is 4.92 Å². The van der Waals surface area contributed by atoms with Crippen LogP contribution in [0.1, 0.15) is 25.3 Å². The van der Waals surface area contributed by atoms with E-state index in [4.69, 9.17) is 4.74 Å². The fraction of sp³-hybridized carbons (Fsp3) is 0.500. The predicted octanol–water partition coefficient (Wildman–Crippen LogP) is 2.37. The van der Waals surface area contributed by atoms with Crippen molar-refractivity contribution in [2.75, 3.05) is 20.2 Å². The number of esters is 1. The lowest BCUT2D eigenvalue weighted by Gasteiger charge is -2.16. The van der Waals surface area contributed by atoms with Crippen molar-refractivity contribution >= 4 is 11.7 Å².